The van der Waals surface area contributed by atoms with Crippen molar-refractivity contribution in [2.75, 3.05) is 23.3 Å². The molecular formula is C18H23N5O2S. The number of morpholine rings is 1. The molecule has 0 bridgehead atoms. The van der Waals surface area contributed by atoms with Gasteiger partial charge in [-0.15, -0.1) is 10.2 Å². The molecule has 8 heteroatoms. The number of hydrogen-bond acceptors (Lipinski definition) is 7. The van der Waals surface area contributed by atoms with E-state index in [1.807, 2.05) is 12.1 Å². The number of pyridine rings is 1. The second-order valence-corrected chi connectivity index (χ2v) is 8.54. The fraction of sp³-hybridized carbons (Fsp3) is 0.556. The van der Waals surface area contributed by atoms with Crippen LogP contribution < -0.4 is 10.2 Å². The zero-order valence-corrected chi connectivity index (χ0v) is 15.9. The van der Waals surface area contributed by atoms with Crippen molar-refractivity contribution in [2.45, 2.75) is 50.7 Å². The van der Waals surface area contributed by atoms with Gasteiger partial charge in [0, 0.05) is 19.3 Å². The molecule has 1 N–H and O–H groups in total. The summed E-state index contributed by atoms with van der Waals surface area (Å²) in [5.74, 6) is 0.662. The zero-order chi connectivity index (χ0) is 18.2. The molecule has 138 valence electrons. The number of aromatic nitrogens is 3. The van der Waals surface area contributed by atoms with Gasteiger partial charge in [0.15, 0.2) is 0 Å². The van der Waals surface area contributed by atoms with E-state index < -0.39 is 0 Å². The molecule has 3 heterocycles. The molecule has 1 spiro atoms. The SMILES string of the molecule is CC1(C)CN(c2ccc(C(=O)Nc3nncs3)cn2)CC2(CCCC2)O1. The van der Waals surface area contributed by atoms with Gasteiger partial charge in [-0.3, -0.25) is 10.1 Å². The lowest BCUT2D eigenvalue weighted by molar-refractivity contribution is -0.148. The monoisotopic (exact) mass is 373 g/mol. The highest BCUT2D eigenvalue weighted by Crippen LogP contribution is 2.41. The van der Waals surface area contributed by atoms with Crippen LogP contribution in [-0.2, 0) is 4.74 Å². The molecule has 2 fully saturated rings. The lowest BCUT2D eigenvalue weighted by Gasteiger charge is -2.49. The Hall–Kier alpha value is -2.06. The van der Waals surface area contributed by atoms with Crippen LogP contribution in [0.15, 0.2) is 23.8 Å². The van der Waals surface area contributed by atoms with Crippen molar-refractivity contribution in [1.82, 2.24) is 15.2 Å². The number of nitrogens with one attached hydrogen (secondary N) is 1. The van der Waals surface area contributed by atoms with Gasteiger partial charge >= 0.3 is 0 Å². The molecule has 26 heavy (non-hydrogen) atoms. The Balaban J connectivity index is 1.50. The predicted octanol–water partition coefficient (Wildman–Crippen LogP) is 3.11. The second kappa shape index (κ2) is 6.59. The first-order valence-corrected chi connectivity index (χ1v) is 9.82. The number of anilines is 2. The molecule has 2 aromatic rings. The summed E-state index contributed by atoms with van der Waals surface area (Å²) in [4.78, 5) is 19.1. The third-order valence-electron chi connectivity index (χ3n) is 4.97. The minimum absolute atomic E-state index is 0.0582. The number of rotatable bonds is 3. The van der Waals surface area contributed by atoms with E-state index >= 15 is 0 Å². The Morgan fingerprint density at radius 2 is 2.08 bits per heavy atom. The summed E-state index contributed by atoms with van der Waals surface area (Å²) in [5, 5.41) is 10.7. The van der Waals surface area contributed by atoms with E-state index in [1.54, 1.807) is 11.7 Å². The van der Waals surface area contributed by atoms with Crippen LogP contribution in [0.2, 0.25) is 0 Å². The Bertz CT molecular complexity index is 769. The normalized spacial score (nSPS) is 21.1. The summed E-state index contributed by atoms with van der Waals surface area (Å²) in [6, 6.07) is 3.72. The minimum Gasteiger partial charge on any atom is -0.365 e. The van der Waals surface area contributed by atoms with Gasteiger partial charge in [-0.05, 0) is 38.8 Å². The van der Waals surface area contributed by atoms with Gasteiger partial charge in [0.25, 0.3) is 5.91 Å². The molecule has 1 saturated carbocycles. The fourth-order valence-electron chi connectivity index (χ4n) is 4.06. The lowest BCUT2D eigenvalue weighted by atomic mass is 9.94. The third kappa shape index (κ3) is 3.57. The van der Waals surface area contributed by atoms with Crippen LogP contribution in [0, 0.1) is 0 Å². The van der Waals surface area contributed by atoms with Gasteiger partial charge in [-0.25, -0.2) is 4.98 Å². The fourth-order valence-corrected chi connectivity index (χ4v) is 4.50. The van der Waals surface area contributed by atoms with Gasteiger partial charge < -0.3 is 9.64 Å². The molecule has 0 radical (unpaired) electrons. The topological polar surface area (TPSA) is 80.2 Å². The molecule has 0 unspecified atom stereocenters. The molecule has 4 rings (SSSR count). The summed E-state index contributed by atoms with van der Waals surface area (Å²) in [6.45, 7) is 5.93. The Morgan fingerprint density at radius 3 is 2.73 bits per heavy atom. The Morgan fingerprint density at radius 1 is 1.27 bits per heavy atom. The van der Waals surface area contributed by atoms with Crippen LogP contribution in [0.25, 0.3) is 0 Å². The number of hydrogen-bond donors (Lipinski definition) is 1. The molecule has 1 aliphatic heterocycles. The van der Waals surface area contributed by atoms with E-state index in [-0.39, 0.29) is 17.1 Å². The molecule has 2 aromatic heterocycles. The molecule has 1 amide bonds. The van der Waals surface area contributed by atoms with Crippen molar-refractivity contribution in [2.24, 2.45) is 0 Å². The largest absolute Gasteiger partial charge is 0.365 e. The second-order valence-electron chi connectivity index (χ2n) is 7.71. The van der Waals surface area contributed by atoms with Gasteiger partial charge in [0.1, 0.15) is 11.3 Å². The minimum atomic E-state index is -0.227. The maximum atomic E-state index is 12.3. The first-order valence-electron chi connectivity index (χ1n) is 8.94. The van der Waals surface area contributed by atoms with Crippen molar-refractivity contribution in [3.8, 4) is 0 Å². The predicted molar refractivity (Wildman–Crippen MR) is 101 cm³/mol. The van der Waals surface area contributed by atoms with Crippen LogP contribution in [0.5, 0.6) is 0 Å². The summed E-state index contributed by atoms with van der Waals surface area (Å²) in [6.07, 6.45) is 6.28. The van der Waals surface area contributed by atoms with Crippen molar-refractivity contribution in [1.29, 1.82) is 0 Å². The van der Waals surface area contributed by atoms with Gasteiger partial charge in [-0.2, -0.15) is 0 Å². The average Bonchev–Trinajstić information content (AvgIpc) is 3.26. The Labute approximate surface area is 156 Å². The number of carbonyl (C=O) groups is 1. The third-order valence-corrected chi connectivity index (χ3v) is 5.58. The smallest absolute Gasteiger partial charge is 0.259 e. The summed E-state index contributed by atoms with van der Waals surface area (Å²) in [7, 11) is 0. The van der Waals surface area contributed by atoms with Crippen molar-refractivity contribution < 1.29 is 9.53 Å². The standard InChI is InChI=1S/C18H23N5O2S/c1-17(2)10-23(11-18(25-17)7-3-4-8-18)14-6-5-13(9-19-14)15(24)21-16-22-20-12-26-16/h5-6,9,12H,3-4,7-8,10-11H2,1-2H3,(H,21,22,24). The number of carbonyl (C=O) groups excluding carboxylic acids is 1. The highest BCUT2D eigenvalue weighted by Gasteiger charge is 2.46. The molecule has 0 aromatic carbocycles. The highest BCUT2D eigenvalue weighted by molar-refractivity contribution is 7.13. The van der Waals surface area contributed by atoms with Crippen molar-refractivity contribution in [3.05, 3.63) is 29.4 Å². The maximum Gasteiger partial charge on any atom is 0.259 e. The molecule has 1 aliphatic carbocycles. The van der Waals surface area contributed by atoms with E-state index in [9.17, 15) is 4.79 Å². The van der Waals surface area contributed by atoms with Crippen LogP contribution in [0.4, 0.5) is 10.9 Å². The average molecular weight is 373 g/mol. The molecular weight excluding hydrogens is 350 g/mol. The van der Waals surface area contributed by atoms with Crippen LogP contribution in [-0.4, -0.2) is 45.4 Å². The van der Waals surface area contributed by atoms with E-state index in [0.717, 1.165) is 31.7 Å². The number of amides is 1. The van der Waals surface area contributed by atoms with E-state index in [1.165, 1.54) is 24.2 Å². The summed E-state index contributed by atoms with van der Waals surface area (Å²) >= 11 is 1.29. The highest BCUT2D eigenvalue weighted by atomic mass is 32.1. The lowest BCUT2D eigenvalue weighted by Crippen LogP contribution is -2.59. The first kappa shape index (κ1) is 17.4. The molecule has 2 aliphatic rings. The molecule has 1 saturated heterocycles. The Kier molecular flexibility index (Phi) is 4.40. The molecule has 7 nitrogen and oxygen atoms in total. The number of nitrogens with zero attached hydrogens (tertiary/aromatic N) is 4. The van der Waals surface area contributed by atoms with Crippen LogP contribution >= 0.6 is 11.3 Å². The van der Waals surface area contributed by atoms with Crippen molar-refractivity contribution >= 4 is 28.2 Å². The summed E-state index contributed by atoms with van der Waals surface area (Å²) in [5.41, 5.74) is 1.82. The van der Waals surface area contributed by atoms with E-state index in [4.69, 9.17) is 4.74 Å². The summed E-state index contributed by atoms with van der Waals surface area (Å²) < 4.78 is 6.45. The van der Waals surface area contributed by atoms with Gasteiger partial charge in [0.2, 0.25) is 5.13 Å². The first-order chi connectivity index (χ1) is 12.4. The van der Waals surface area contributed by atoms with Gasteiger partial charge in [0.05, 0.1) is 16.8 Å². The van der Waals surface area contributed by atoms with Gasteiger partial charge in [-0.1, -0.05) is 24.2 Å². The molecule has 0 atom stereocenters. The van der Waals surface area contributed by atoms with Crippen molar-refractivity contribution in [3.63, 3.8) is 0 Å². The van der Waals surface area contributed by atoms with E-state index in [0.29, 0.717) is 10.7 Å². The van der Waals surface area contributed by atoms with Crippen LogP contribution in [0.1, 0.15) is 49.9 Å². The van der Waals surface area contributed by atoms with Crippen LogP contribution in [0.3, 0.4) is 0 Å². The quantitative estimate of drug-likeness (QED) is 0.890. The maximum absolute atomic E-state index is 12.3. The zero-order valence-electron chi connectivity index (χ0n) is 15.1. The number of ether oxygens (including phenoxy) is 1. The van der Waals surface area contributed by atoms with E-state index in [2.05, 4.69) is 39.2 Å².